The zero-order chi connectivity index (χ0) is 15.9. The second-order valence-corrected chi connectivity index (χ2v) is 5.36. The van der Waals surface area contributed by atoms with Crippen molar-refractivity contribution in [2.75, 3.05) is 26.8 Å². The van der Waals surface area contributed by atoms with Gasteiger partial charge in [0.2, 0.25) is 5.91 Å². The number of carbonyl (C=O) groups excluding carboxylic acids is 1. The van der Waals surface area contributed by atoms with Crippen molar-refractivity contribution in [1.82, 2.24) is 4.90 Å². The summed E-state index contributed by atoms with van der Waals surface area (Å²) in [4.78, 5) is 19.1. The average molecular weight is 302 g/mol. The summed E-state index contributed by atoms with van der Waals surface area (Å²) < 4.78 is 4.90. The molecule has 5 heteroatoms. The highest BCUT2D eigenvalue weighted by atomic mass is 16.6. The number of benzene rings is 1. The smallest absolute Gasteiger partial charge is 0.248 e. The predicted octanol–water partition coefficient (Wildman–Crippen LogP) is 2.15. The Morgan fingerprint density at radius 1 is 1.50 bits per heavy atom. The normalized spacial score (nSPS) is 16.8. The van der Waals surface area contributed by atoms with Gasteiger partial charge in [-0.1, -0.05) is 41.1 Å². The Hall–Kier alpha value is -2.14. The first-order valence-corrected chi connectivity index (χ1v) is 7.31. The maximum atomic E-state index is 12.0. The lowest BCUT2D eigenvalue weighted by Crippen LogP contribution is -2.39. The Morgan fingerprint density at radius 2 is 2.23 bits per heavy atom. The van der Waals surface area contributed by atoms with E-state index in [0.717, 1.165) is 11.3 Å². The van der Waals surface area contributed by atoms with Crippen molar-refractivity contribution < 1.29 is 14.4 Å². The van der Waals surface area contributed by atoms with Crippen LogP contribution in [0.15, 0.2) is 42.1 Å². The van der Waals surface area contributed by atoms with Crippen molar-refractivity contribution >= 4 is 11.6 Å². The summed E-state index contributed by atoms with van der Waals surface area (Å²) in [5.41, 5.74) is 3.19. The van der Waals surface area contributed by atoms with Crippen LogP contribution in [0.1, 0.15) is 17.5 Å². The van der Waals surface area contributed by atoms with Crippen LogP contribution in [0.25, 0.3) is 0 Å². The third kappa shape index (κ3) is 4.18. The molecule has 0 bridgehead atoms. The van der Waals surface area contributed by atoms with Crippen LogP contribution in [0, 0.1) is 6.92 Å². The third-order valence-electron chi connectivity index (χ3n) is 3.51. The Bertz CT molecular complexity index is 552. The molecule has 0 aromatic heterocycles. The molecule has 2 rings (SSSR count). The number of aryl methyl sites for hydroxylation is 1. The molecule has 1 aliphatic heterocycles. The van der Waals surface area contributed by atoms with Gasteiger partial charge in [-0.15, -0.1) is 6.58 Å². The number of oxime groups is 1. The molecule has 0 spiro atoms. The molecule has 0 saturated carbocycles. The molecule has 1 aromatic carbocycles. The number of carbonyl (C=O) groups is 1. The van der Waals surface area contributed by atoms with Gasteiger partial charge in [0.05, 0.1) is 12.3 Å². The van der Waals surface area contributed by atoms with Crippen LogP contribution in [0.4, 0.5) is 0 Å². The molecule has 1 aromatic rings. The Balaban J connectivity index is 1.94. The number of hydrogen-bond acceptors (Lipinski definition) is 4. The summed E-state index contributed by atoms with van der Waals surface area (Å²) in [6, 6.07) is 8.18. The van der Waals surface area contributed by atoms with Crippen molar-refractivity contribution in [3.05, 3.63) is 48.0 Å². The summed E-state index contributed by atoms with van der Waals surface area (Å²) in [6.07, 6.45) is 2.26. The standard InChI is InChI=1S/C17H22N2O3/c1-4-9-19(17(20)12-21-3)11-15-10-16(18-22-15)14-7-5-13(2)6-8-14/h4-8,15H,1,9-12H2,2-3H3. The fourth-order valence-electron chi connectivity index (χ4n) is 2.34. The molecule has 1 aliphatic rings. The molecule has 0 fully saturated rings. The van der Waals surface area contributed by atoms with E-state index in [2.05, 4.69) is 23.9 Å². The van der Waals surface area contributed by atoms with Gasteiger partial charge in [-0.05, 0) is 12.5 Å². The van der Waals surface area contributed by atoms with Gasteiger partial charge >= 0.3 is 0 Å². The topological polar surface area (TPSA) is 51.1 Å². The Morgan fingerprint density at radius 3 is 2.86 bits per heavy atom. The fourth-order valence-corrected chi connectivity index (χ4v) is 2.34. The van der Waals surface area contributed by atoms with Crippen molar-refractivity contribution in [3.8, 4) is 0 Å². The number of nitrogens with zero attached hydrogens (tertiary/aromatic N) is 2. The van der Waals surface area contributed by atoms with E-state index in [9.17, 15) is 4.79 Å². The molecular weight excluding hydrogens is 280 g/mol. The quantitative estimate of drug-likeness (QED) is 0.725. The second kappa shape index (κ2) is 7.75. The summed E-state index contributed by atoms with van der Waals surface area (Å²) >= 11 is 0. The number of rotatable bonds is 7. The molecule has 0 aliphatic carbocycles. The molecule has 0 saturated heterocycles. The van der Waals surface area contributed by atoms with Gasteiger partial charge in [0, 0.05) is 20.1 Å². The summed E-state index contributed by atoms with van der Waals surface area (Å²) in [7, 11) is 1.51. The molecule has 0 N–H and O–H groups in total. The van der Waals surface area contributed by atoms with E-state index in [4.69, 9.17) is 9.57 Å². The summed E-state index contributed by atoms with van der Waals surface area (Å²) in [5, 5.41) is 4.16. The lowest BCUT2D eigenvalue weighted by molar-refractivity contribution is -0.136. The molecule has 118 valence electrons. The average Bonchev–Trinajstić information content (AvgIpc) is 2.96. The minimum Gasteiger partial charge on any atom is -0.390 e. The van der Waals surface area contributed by atoms with Gasteiger partial charge in [-0.25, -0.2) is 0 Å². The maximum absolute atomic E-state index is 12.0. The zero-order valence-electron chi connectivity index (χ0n) is 13.1. The Kier molecular flexibility index (Phi) is 5.72. The zero-order valence-corrected chi connectivity index (χ0v) is 13.1. The van der Waals surface area contributed by atoms with E-state index in [1.165, 1.54) is 12.7 Å². The fraction of sp³-hybridized carbons (Fsp3) is 0.412. The molecule has 0 radical (unpaired) electrons. The van der Waals surface area contributed by atoms with Crippen LogP contribution in [-0.2, 0) is 14.4 Å². The number of methoxy groups -OCH3 is 1. The molecule has 1 amide bonds. The molecule has 1 atom stereocenters. The number of amides is 1. The van der Waals surface area contributed by atoms with Crippen LogP contribution >= 0.6 is 0 Å². The van der Waals surface area contributed by atoms with Gasteiger partial charge in [-0.2, -0.15) is 0 Å². The van der Waals surface area contributed by atoms with E-state index < -0.39 is 0 Å². The first-order valence-electron chi connectivity index (χ1n) is 7.31. The van der Waals surface area contributed by atoms with E-state index in [1.54, 1.807) is 11.0 Å². The maximum Gasteiger partial charge on any atom is 0.248 e. The number of hydrogen-bond donors (Lipinski definition) is 0. The van der Waals surface area contributed by atoms with Crippen LogP contribution in [0.5, 0.6) is 0 Å². The lowest BCUT2D eigenvalue weighted by atomic mass is 10.0. The van der Waals surface area contributed by atoms with Crippen molar-refractivity contribution in [2.24, 2.45) is 5.16 Å². The van der Waals surface area contributed by atoms with Gasteiger partial charge < -0.3 is 14.5 Å². The Labute approximate surface area is 131 Å². The highest BCUT2D eigenvalue weighted by molar-refractivity contribution is 6.01. The first-order chi connectivity index (χ1) is 10.6. The van der Waals surface area contributed by atoms with Crippen molar-refractivity contribution in [1.29, 1.82) is 0 Å². The van der Waals surface area contributed by atoms with Crippen LogP contribution in [0.2, 0.25) is 0 Å². The van der Waals surface area contributed by atoms with Crippen LogP contribution < -0.4 is 0 Å². The van der Waals surface area contributed by atoms with Crippen molar-refractivity contribution in [3.63, 3.8) is 0 Å². The van der Waals surface area contributed by atoms with Crippen LogP contribution in [-0.4, -0.2) is 49.4 Å². The lowest BCUT2D eigenvalue weighted by Gasteiger charge is -2.23. The highest BCUT2D eigenvalue weighted by Crippen LogP contribution is 2.18. The predicted molar refractivity (Wildman–Crippen MR) is 85.9 cm³/mol. The molecule has 1 unspecified atom stereocenters. The molecule has 5 nitrogen and oxygen atoms in total. The van der Waals surface area contributed by atoms with E-state index in [1.807, 2.05) is 19.1 Å². The highest BCUT2D eigenvalue weighted by Gasteiger charge is 2.26. The van der Waals surface area contributed by atoms with Gasteiger partial charge in [0.15, 0.2) is 6.10 Å². The number of ether oxygens (including phenoxy) is 1. The third-order valence-corrected chi connectivity index (χ3v) is 3.51. The minimum absolute atomic E-state index is 0.0617. The largest absolute Gasteiger partial charge is 0.390 e. The monoisotopic (exact) mass is 302 g/mol. The van der Waals surface area contributed by atoms with E-state index in [0.29, 0.717) is 19.5 Å². The van der Waals surface area contributed by atoms with Gasteiger partial charge in [-0.3, -0.25) is 4.79 Å². The molecule has 1 heterocycles. The molecule has 22 heavy (non-hydrogen) atoms. The van der Waals surface area contributed by atoms with Gasteiger partial charge in [0.25, 0.3) is 0 Å². The summed E-state index contributed by atoms with van der Waals surface area (Å²) in [5.74, 6) is -0.0743. The van der Waals surface area contributed by atoms with E-state index >= 15 is 0 Å². The second-order valence-electron chi connectivity index (χ2n) is 5.36. The summed E-state index contributed by atoms with van der Waals surface area (Å²) in [6.45, 7) is 6.75. The van der Waals surface area contributed by atoms with Gasteiger partial charge in [0.1, 0.15) is 6.61 Å². The minimum atomic E-state index is -0.128. The van der Waals surface area contributed by atoms with Crippen LogP contribution in [0.3, 0.4) is 0 Å². The SMILES string of the molecule is C=CCN(CC1CC(c2ccc(C)cc2)=NO1)C(=O)COC. The van der Waals surface area contributed by atoms with Crippen molar-refractivity contribution in [2.45, 2.75) is 19.4 Å². The van der Waals surface area contributed by atoms with E-state index in [-0.39, 0.29) is 18.6 Å². The first kappa shape index (κ1) is 16.2. The molecular formula is C17H22N2O3.